The van der Waals surface area contributed by atoms with Gasteiger partial charge in [0, 0.05) is 5.54 Å². The van der Waals surface area contributed by atoms with Crippen LogP contribution in [0.5, 0.6) is 0 Å². The number of nitrogens with one attached hydrogen (secondary N) is 1. The lowest BCUT2D eigenvalue weighted by Crippen LogP contribution is -2.37. The van der Waals surface area contributed by atoms with E-state index in [0.29, 0.717) is 17.9 Å². The van der Waals surface area contributed by atoms with Gasteiger partial charge in [-0.2, -0.15) is 0 Å². The first-order chi connectivity index (χ1) is 9.02. The fourth-order valence-corrected chi connectivity index (χ4v) is 1.73. The smallest absolute Gasteiger partial charge is 0.137 e. The molecule has 102 valence electrons. The summed E-state index contributed by atoms with van der Waals surface area (Å²) in [6.45, 7) is 7.08. The monoisotopic (exact) mass is 261 g/mol. The van der Waals surface area contributed by atoms with Crippen molar-refractivity contribution in [2.24, 2.45) is 0 Å². The molecule has 0 aliphatic heterocycles. The summed E-state index contributed by atoms with van der Waals surface area (Å²) in [4.78, 5) is 0. The van der Waals surface area contributed by atoms with Crippen LogP contribution in [-0.4, -0.2) is 5.54 Å². The molecule has 0 spiro atoms. The summed E-state index contributed by atoms with van der Waals surface area (Å²) in [5.41, 5.74) is 0.578. The van der Waals surface area contributed by atoms with Crippen LogP contribution in [0.25, 0.3) is 11.3 Å². The topological polar surface area (TPSA) is 25.2 Å². The molecule has 0 unspecified atom stereocenters. The first-order valence-corrected chi connectivity index (χ1v) is 6.60. The number of hydrogen-bond acceptors (Lipinski definition) is 2. The lowest BCUT2D eigenvalue weighted by molar-refractivity contribution is 0.353. The first kappa shape index (κ1) is 13.8. The first-order valence-electron chi connectivity index (χ1n) is 6.60. The number of furan rings is 1. The predicted molar refractivity (Wildman–Crippen MR) is 75.3 cm³/mol. The van der Waals surface area contributed by atoms with Crippen molar-refractivity contribution >= 4 is 0 Å². The highest BCUT2D eigenvalue weighted by Crippen LogP contribution is 2.25. The zero-order valence-electron chi connectivity index (χ0n) is 11.7. The largest absolute Gasteiger partial charge is 0.460 e. The summed E-state index contributed by atoms with van der Waals surface area (Å²) in [7, 11) is 0. The molecule has 1 heterocycles. The van der Waals surface area contributed by atoms with Gasteiger partial charge in [0.1, 0.15) is 17.3 Å². The second kappa shape index (κ2) is 5.57. The molecule has 2 nitrogen and oxygen atoms in total. The molecular formula is C16H20FNO. The van der Waals surface area contributed by atoms with E-state index in [0.717, 1.165) is 12.2 Å². The maximum absolute atomic E-state index is 13.6. The Morgan fingerprint density at radius 2 is 1.89 bits per heavy atom. The standard InChI is InChI=1S/C16H20FNO/c1-4-16(2,3)18-11-12-9-10-15(19-12)13-7-5-6-8-14(13)17/h5-10,18H,4,11H2,1-3H3. The predicted octanol–water partition coefficient (Wildman–Crippen LogP) is 4.36. The van der Waals surface area contributed by atoms with Crippen LogP contribution in [0.15, 0.2) is 40.8 Å². The highest BCUT2D eigenvalue weighted by molar-refractivity contribution is 5.58. The van der Waals surface area contributed by atoms with Crippen molar-refractivity contribution in [1.29, 1.82) is 0 Å². The van der Waals surface area contributed by atoms with E-state index in [1.165, 1.54) is 6.07 Å². The normalized spacial score (nSPS) is 11.8. The van der Waals surface area contributed by atoms with Crippen LogP contribution in [0.3, 0.4) is 0 Å². The van der Waals surface area contributed by atoms with Crippen LogP contribution in [-0.2, 0) is 6.54 Å². The second-order valence-corrected chi connectivity index (χ2v) is 5.34. The van der Waals surface area contributed by atoms with E-state index < -0.39 is 0 Å². The van der Waals surface area contributed by atoms with E-state index in [2.05, 4.69) is 26.1 Å². The summed E-state index contributed by atoms with van der Waals surface area (Å²) in [6, 6.07) is 10.3. The minimum absolute atomic E-state index is 0.0744. The Morgan fingerprint density at radius 3 is 2.58 bits per heavy atom. The van der Waals surface area contributed by atoms with Crippen LogP contribution in [0.1, 0.15) is 33.0 Å². The number of rotatable bonds is 5. The zero-order chi connectivity index (χ0) is 13.9. The van der Waals surface area contributed by atoms with Gasteiger partial charge in [0.05, 0.1) is 12.1 Å². The minimum atomic E-state index is -0.259. The van der Waals surface area contributed by atoms with Crippen LogP contribution in [0.2, 0.25) is 0 Å². The second-order valence-electron chi connectivity index (χ2n) is 5.34. The van der Waals surface area contributed by atoms with Gasteiger partial charge in [-0.1, -0.05) is 19.1 Å². The molecule has 1 aromatic heterocycles. The van der Waals surface area contributed by atoms with Crippen molar-refractivity contribution in [1.82, 2.24) is 5.32 Å². The highest BCUT2D eigenvalue weighted by Gasteiger charge is 2.15. The van der Waals surface area contributed by atoms with Crippen molar-refractivity contribution in [3.05, 3.63) is 48.0 Å². The van der Waals surface area contributed by atoms with Crippen molar-refractivity contribution in [3.63, 3.8) is 0 Å². The van der Waals surface area contributed by atoms with Gasteiger partial charge in [-0.25, -0.2) is 4.39 Å². The van der Waals surface area contributed by atoms with E-state index in [4.69, 9.17) is 4.42 Å². The van der Waals surface area contributed by atoms with Gasteiger partial charge in [0.15, 0.2) is 0 Å². The number of benzene rings is 1. The molecular weight excluding hydrogens is 241 g/mol. The van der Waals surface area contributed by atoms with Crippen molar-refractivity contribution in [3.8, 4) is 11.3 Å². The highest BCUT2D eigenvalue weighted by atomic mass is 19.1. The molecule has 0 amide bonds. The number of hydrogen-bond donors (Lipinski definition) is 1. The van der Waals surface area contributed by atoms with Gasteiger partial charge < -0.3 is 9.73 Å². The Hall–Kier alpha value is -1.61. The molecule has 3 heteroatoms. The third-order valence-corrected chi connectivity index (χ3v) is 3.43. The Labute approximate surface area is 113 Å². The van der Waals surface area contributed by atoms with Gasteiger partial charge in [0.2, 0.25) is 0 Å². The fraction of sp³-hybridized carbons (Fsp3) is 0.375. The third-order valence-electron chi connectivity index (χ3n) is 3.43. The Kier molecular flexibility index (Phi) is 4.05. The van der Waals surface area contributed by atoms with Gasteiger partial charge >= 0.3 is 0 Å². The Morgan fingerprint density at radius 1 is 1.16 bits per heavy atom. The summed E-state index contributed by atoms with van der Waals surface area (Å²) < 4.78 is 19.3. The van der Waals surface area contributed by atoms with Crippen LogP contribution >= 0.6 is 0 Å². The lowest BCUT2D eigenvalue weighted by atomic mass is 10.0. The molecule has 1 N–H and O–H groups in total. The molecule has 19 heavy (non-hydrogen) atoms. The van der Waals surface area contributed by atoms with E-state index in [1.54, 1.807) is 18.2 Å². The lowest BCUT2D eigenvalue weighted by Gasteiger charge is -2.23. The minimum Gasteiger partial charge on any atom is -0.460 e. The molecule has 0 aliphatic rings. The molecule has 0 aliphatic carbocycles. The van der Waals surface area contributed by atoms with Crippen molar-refractivity contribution in [2.45, 2.75) is 39.3 Å². The van der Waals surface area contributed by atoms with E-state index in [1.807, 2.05) is 12.1 Å². The molecule has 2 rings (SSSR count). The number of halogens is 1. The SMILES string of the molecule is CCC(C)(C)NCc1ccc(-c2ccccc2F)o1. The van der Waals surface area contributed by atoms with Gasteiger partial charge in [-0.05, 0) is 44.5 Å². The zero-order valence-corrected chi connectivity index (χ0v) is 11.7. The average molecular weight is 261 g/mol. The maximum atomic E-state index is 13.6. The molecule has 0 radical (unpaired) electrons. The van der Waals surface area contributed by atoms with Crippen molar-refractivity contribution < 1.29 is 8.81 Å². The van der Waals surface area contributed by atoms with Gasteiger partial charge in [0.25, 0.3) is 0 Å². The molecule has 1 aromatic carbocycles. The van der Waals surface area contributed by atoms with Gasteiger partial charge in [-0.15, -0.1) is 0 Å². The van der Waals surface area contributed by atoms with Crippen LogP contribution < -0.4 is 5.32 Å². The Balaban J connectivity index is 2.10. The van der Waals surface area contributed by atoms with Gasteiger partial charge in [-0.3, -0.25) is 0 Å². The molecule has 0 bridgehead atoms. The third kappa shape index (κ3) is 3.44. The van der Waals surface area contributed by atoms with E-state index in [9.17, 15) is 4.39 Å². The quantitative estimate of drug-likeness (QED) is 0.864. The average Bonchev–Trinajstić information content (AvgIpc) is 2.86. The summed E-state index contributed by atoms with van der Waals surface area (Å²) >= 11 is 0. The maximum Gasteiger partial charge on any atom is 0.137 e. The fourth-order valence-electron chi connectivity index (χ4n) is 1.73. The summed E-state index contributed by atoms with van der Waals surface area (Å²) in [5.74, 6) is 1.13. The van der Waals surface area contributed by atoms with Crippen LogP contribution in [0, 0.1) is 5.82 Å². The van der Waals surface area contributed by atoms with Crippen LogP contribution in [0.4, 0.5) is 4.39 Å². The molecule has 0 saturated heterocycles. The van der Waals surface area contributed by atoms with E-state index in [-0.39, 0.29) is 11.4 Å². The summed E-state index contributed by atoms with van der Waals surface area (Å²) in [6.07, 6.45) is 1.04. The summed E-state index contributed by atoms with van der Waals surface area (Å²) in [5, 5.41) is 3.42. The Bertz CT molecular complexity index is 545. The molecule has 0 saturated carbocycles. The van der Waals surface area contributed by atoms with E-state index >= 15 is 0 Å². The molecule has 2 aromatic rings. The van der Waals surface area contributed by atoms with Crippen molar-refractivity contribution in [2.75, 3.05) is 0 Å². The molecule has 0 fully saturated rings. The molecule has 0 atom stereocenters.